The average Bonchev–Trinajstić information content (AvgIpc) is 2.75. The highest BCUT2D eigenvalue weighted by Gasteiger charge is 2.43. The Morgan fingerprint density at radius 2 is 1.67 bits per heavy atom. The first-order chi connectivity index (χ1) is 15.5. The number of rotatable bonds is 8. The Bertz CT molecular complexity index is 916. The summed E-state index contributed by atoms with van der Waals surface area (Å²) in [6.45, 7) is 3.80. The van der Waals surface area contributed by atoms with Crippen molar-refractivity contribution in [2.75, 3.05) is 6.61 Å². The molecule has 0 saturated carbocycles. The molecule has 0 bridgehead atoms. The molecule has 1 aliphatic heterocycles. The zero-order valence-electron chi connectivity index (χ0n) is 18.7. The van der Waals surface area contributed by atoms with Crippen LogP contribution in [0.25, 0.3) is 0 Å². The van der Waals surface area contributed by atoms with Crippen molar-refractivity contribution in [1.29, 1.82) is 0 Å². The van der Waals surface area contributed by atoms with Gasteiger partial charge in [-0.05, 0) is 49.9 Å². The summed E-state index contributed by atoms with van der Waals surface area (Å²) in [6, 6.07) is 6.86. The van der Waals surface area contributed by atoms with E-state index in [1.165, 1.54) is 12.1 Å². The molecule has 0 N–H and O–H groups in total. The quantitative estimate of drug-likeness (QED) is 0.284. The molecule has 1 heterocycles. The van der Waals surface area contributed by atoms with Gasteiger partial charge in [0.25, 0.3) is 0 Å². The van der Waals surface area contributed by atoms with Gasteiger partial charge < -0.3 is 9.47 Å². The smallest absolute Gasteiger partial charge is 0.426 e. The second-order valence-electron chi connectivity index (χ2n) is 8.55. The lowest BCUT2D eigenvalue weighted by molar-refractivity contribution is -0.188. The first-order valence-electron chi connectivity index (χ1n) is 11.2. The van der Waals surface area contributed by atoms with Crippen LogP contribution in [0.15, 0.2) is 36.4 Å². The van der Waals surface area contributed by atoms with E-state index in [2.05, 4.69) is 11.7 Å². The Labute approximate surface area is 189 Å². The molecule has 2 atom stereocenters. The Kier molecular flexibility index (Phi) is 7.98. The van der Waals surface area contributed by atoms with E-state index in [0.29, 0.717) is 18.4 Å². The molecule has 2 unspecified atom stereocenters. The van der Waals surface area contributed by atoms with Crippen LogP contribution < -0.4 is 4.74 Å². The minimum Gasteiger partial charge on any atom is -0.426 e. The van der Waals surface area contributed by atoms with Gasteiger partial charge in [0.1, 0.15) is 0 Å². The minimum absolute atomic E-state index is 0.0252. The van der Waals surface area contributed by atoms with Crippen LogP contribution in [0.3, 0.4) is 0 Å². The van der Waals surface area contributed by atoms with Crippen LogP contribution in [0.2, 0.25) is 0 Å². The summed E-state index contributed by atoms with van der Waals surface area (Å²) in [5.41, 5.74) is -1.73. The van der Waals surface area contributed by atoms with Gasteiger partial charge in [0.15, 0.2) is 11.6 Å². The molecule has 2 nitrogen and oxygen atoms in total. The fraction of sp³-hybridized carbons (Fsp3) is 0.520. The van der Waals surface area contributed by atoms with E-state index in [4.69, 9.17) is 4.74 Å². The number of halogens is 6. The van der Waals surface area contributed by atoms with Crippen LogP contribution in [0.5, 0.6) is 5.75 Å². The van der Waals surface area contributed by atoms with Gasteiger partial charge in [0.2, 0.25) is 0 Å². The molecule has 8 heteroatoms. The van der Waals surface area contributed by atoms with Crippen LogP contribution >= 0.6 is 0 Å². The third-order valence-corrected chi connectivity index (χ3v) is 5.99. The van der Waals surface area contributed by atoms with Crippen molar-refractivity contribution in [3.05, 3.63) is 64.5 Å². The van der Waals surface area contributed by atoms with E-state index in [1.807, 2.05) is 0 Å². The first kappa shape index (κ1) is 25.4. The lowest BCUT2D eigenvalue weighted by Crippen LogP contribution is -2.27. The molecule has 1 saturated heterocycles. The average molecular weight is 474 g/mol. The minimum atomic E-state index is -5.07. The topological polar surface area (TPSA) is 18.5 Å². The summed E-state index contributed by atoms with van der Waals surface area (Å²) >= 11 is 0. The van der Waals surface area contributed by atoms with Crippen LogP contribution in [-0.2, 0) is 17.0 Å². The fourth-order valence-electron chi connectivity index (χ4n) is 4.12. The van der Waals surface area contributed by atoms with Crippen LogP contribution in [0.1, 0.15) is 73.6 Å². The molecule has 2 aromatic rings. The van der Waals surface area contributed by atoms with Crippen LogP contribution in [-0.4, -0.2) is 12.7 Å². The van der Waals surface area contributed by atoms with Gasteiger partial charge in [-0.3, -0.25) is 0 Å². The van der Waals surface area contributed by atoms with Crippen molar-refractivity contribution >= 4 is 0 Å². The Hall–Kier alpha value is -2.22. The second-order valence-corrected chi connectivity index (χ2v) is 8.55. The van der Waals surface area contributed by atoms with Crippen molar-refractivity contribution in [2.45, 2.75) is 76.7 Å². The van der Waals surface area contributed by atoms with E-state index >= 15 is 0 Å². The molecular weight excluding hydrogens is 446 g/mol. The molecule has 0 amide bonds. The van der Waals surface area contributed by atoms with Gasteiger partial charge in [-0.15, -0.1) is 0 Å². The van der Waals surface area contributed by atoms with Crippen molar-refractivity contribution in [3.8, 4) is 5.75 Å². The van der Waals surface area contributed by atoms with E-state index in [0.717, 1.165) is 49.9 Å². The van der Waals surface area contributed by atoms with Crippen molar-refractivity contribution in [2.24, 2.45) is 0 Å². The molecular formula is C25H28F6O2. The second kappa shape index (κ2) is 10.4. The van der Waals surface area contributed by atoms with Gasteiger partial charge >= 0.3 is 12.3 Å². The molecule has 1 fully saturated rings. The summed E-state index contributed by atoms with van der Waals surface area (Å²) in [7, 11) is 0. The van der Waals surface area contributed by atoms with E-state index in [1.54, 1.807) is 6.92 Å². The maximum Gasteiger partial charge on any atom is 0.426 e. The van der Waals surface area contributed by atoms with Crippen molar-refractivity contribution in [3.63, 3.8) is 0 Å². The molecule has 2 aromatic carbocycles. The van der Waals surface area contributed by atoms with E-state index in [-0.39, 0.29) is 18.3 Å². The Balaban J connectivity index is 1.83. The first-order valence-corrected chi connectivity index (χ1v) is 11.2. The zero-order chi connectivity index (χ0) is 24.2. The number of ether oxygens (including phenoxy) is 2. The molecule has 0 aliphatic carbocycles. The number of alkyl halides is 5. The van der Waals surface area contributed by atoms with Crippen molar-refractivity contribution in [1.82, 2.24) is 0 Å². The SMILES string of the molecule is CCCCCC1CCC(c2ccc(OC(F)(F)c3ccc(C)cc3)c(F)c2C(F)(F)F)CO1. The van der Waals surface area contributed by atoms with Gasteiger partial charge in [-0.25, -0.2) is 4.39 Å². The van der Waals surface area contributed by atoms with Crippen LogP contribution in [0, 0.1) is 12.7 Å². The van der Waals surface area contributed by atoms with Gasteiger partial charge in [-0.2, -0.15) is 22.0 Å². The summed E-state index contributed by atoms with van der Waals surface area (Å²) in [5, 5.41) is 0. The lowest BCUT2D eigenvalue weighted by Gasteiger charge is -2.31. The summed E-state index contributed by atoms with van der Waals surface area (Å²) in [5.74, 6) is -3.66. The predicted octanol–water partition coefficient (Wildman–Crippen LogP) is 8.12. The lowest BCUT2D eigenvalue weighted by atomic mass is 9.87. The van der Waals surface area contributed by atoms with Gasteiger partial charge in [0.05, 0.1) is 23.8 Å². The zero-order valence-corrected chi connectivity index (χ0v) is 18.7. The largest absolute Gasteiger partial charge is 0.426 e. The summed E-state index contributed by atoms with van der Waals surface area (Å²) < 4.78 is 95.6. The predicted molar refractivity (Wildman–Crippen MR) is 113 cm³/mol. The molecule has 1 aliphatic rings. The van der Waals surface area contributed by atoms with Gasteiger partial charge in [-0.1, -0.05) is 49.9 Å². The highest BCUT2D eigenvalue weighted by Crippen LogP contribution is 2.44. The summed E-state index contributed by atoms with van der Waals surface area (Å²) in [6.07, 6.45) is -4.20. The fourth-order valence-corrected chi connectivity index (χ4v) is 4.12. The molecule has 182 valence electrons. The monoisotopic (exact) mass is 474 g/mol. The number of hydrogen-bond donors (Lipinski definition) is 0. The van der Waals surface area contributed by atoms with E-state index in [9.17, 15) is 26.3 Å². The Morgan fingerprint density at radius 3 is 2.24 bits per heavy atom. The van der Waals surface area contributed by atoms with Gasteiger partial charge in [0, 0.05) is 5.92 Å². The molecule has 33 heavy (non-hydrogen) atoms. The maximum absolute atomic E-state index is 15.0. The third-order valence-electron chi connectivity index (χ3n) is 5.99. The number of aryl methyl sites for hydroxylation is 1. The standard InChI is InChI=1S/C25H28F6O2/c1-3-4-5-6-19-12-9-17(15-32-19)20-13-14-21(23(26)22(20)24(27,28)29)33-25(30,31)18-10-7-16(2)8-11-18/h7-8,10-11,13-14,17,19H,3-6,9,12,15H2,1-2H3. The normalized spacial score (nSPS) is 19.5. The molecule has 3 rings (SSSR count). The number of unbranched alkanes of at least 4 members (excludes halogenated alkanes) is 2. The van der Waals surface area contributed by atoms with Crippen molar-refractivity contribution < 1.29 is 35.8 Å². The highest BCUT2D eigenvalue weighted by atomic mass is 19.4. The molecule has 0 aromatic heterocycles. The van der Waals surface area contributed by atoms with E-state index < -0.39 is 40.9 Å². The maximum atomic E-state index is 15.0. The molecule has 0 spiro atoms. The number of hydrogen-bond acceptors (Lipinski definition) is 2. The number of benzene rings is 2. The highest BCUT2D eigenvalue weighted by molar-refractivity contribution is 5.42. The molecule has 0 radical (unpaired) electrons. The summed E-state index contributed by atoms with van der Waals surface area (Å²) in [4.78, 5) is 0. The third kappa shape index (κ3) is 6.22. The Morgan fingerprint density at radius 1 is 0.970 bits per heavy atom. The van der Waals surface area contributed by atoms with Crippen LogP contribution in [0.4, 0.5) is 26.3 Å².